The van der Waals surface area contributed by atoms with Crippen molar-refractivity contribution in [1.82, 2.24) is 15.5 Å². The number of aromatic nitrogens is 2. The van der Waals surface area contributed by atoms with Crippen LogP contribution in [0.2, 0.25) is 10.0 Å². The fraction of sp³-hybridized carbons (Fsp3) is 0.115. The maximum absolute atomic E-state index is 13.3. The summed E-state index contributed by atoms with van der Waals surface area (Å²) < 4.78 is 5.72. The molecule has 0 bridgehead atoms. The summed E-state index contributed by atoms with van der Waals surface area (Å²) in [5.41, 5.74) is 4.69. The zero-order valence-electron chi connectivity index (χ0n) is 18.4. The number of carbonyl (C=O) groups excluding carboxylic acids is 1. The molecule has 1 aliphatic heterocycles. The molecular formula is C26H20Cl2N4O2. The number of benzene rings is 3. The minimum atomic E-state index is -0.528. The van der Waals surface area contributed by atoms with E-state index in [0.29, 0.717) is 33.0 Å². The Kier molecular flexibility index (Phi) is 5.86. The Morgan fingerprint density at radius 1 is 0.941 bits per heavy atom. The highest BCUT2D eigenvalue weighted by Crippen LogP contribution is 2.39. The lowest BCUT2D eigenvalue weighted by atomic mass is 9.94. The molecular weight excluding hydrogens is 471 g/mol. The van der Waals surface area contributed by atoms with Crippen molar-refractivity contribution in [1.29, 1.82) is 0 Å². The number of rotatable bonds is 4. The van der Waals surface area contributed by atoms with Crippen LogP contribution in [0.3, 0.4) is 0 Å². The summed E-state index contributed by atoms with van der Waals surface area (Å²) in [6, 6.07) is 21.5. The van der Waals surface area contributed by atoms with Gasteiger partial charge in [-0.05, 0) is 61.4 Å². The van der Waals surface area contributed by atoms with E-state index in [0.717, 1.165) is 22.4 Å². The van der Waals surface area contributed by atoms with E-state index in [1.54, 1.807) is 23.1 Å². The molecule has 34 heavy (non-hydrogen) atoms. The highest BCUT2D eigenvalue weighted by molar-refractivity contribution is 6.31. The predicted molar refractivity (Wildman–Crippen MR) is 134 cm³/mol. The molecule has 0 radical (unpaired) electrons. The van der Waals surface area contributed by atoms with Gasteiger partial charge in [-0.3, -0.25) is 4.90 Å². The fourth-order valence-corrected chi connectivity index (χ4v) is 4.50. The highest BCUT2D eigenvalue weighted by Gasteiger charge is 2.36. The van der Waals surface area contributed by atoms with Crippen molar-refractivity contribution in [2.24, 2.45) is 0 Å². The van der Waals surface area contributed by atoms with Gasteiger partial charge in [0.25, 0.3) is 5.89 Å². The molecule has 1 N–H and O–H groups in total. The molecule has 5 rings (SSSR count). The Bertz CT molecular complexity index is 1430. The van der Waals surface area contributed by atoms with Crippen molar-refractivity contribution in [3.63, 3.8) is 0 Å². The van der Waals surface area contributed by atoms with Crippen LogP contribution in [0.4, 0.5) is 10.5 Å². The summed E-state index contributed by atoms with van der Waals surface area (Å²) in [6.07, 6.45) is 0. The van der Waals surface area contributed by atoms with Crippen molar-refractivity contribution in [3.8, 4) is 11.4 Å². The number of hydrogen-bond donors (Lipinski definition) is 1. The molecule has 170 valence electrons. The van der Waals surface area contributed by atoms with Crippen LogP contribution in [0.15, 0.2) is 83.0 Å². The van der Waals surface area contributed by atoms with Gasteiger partial charge in [0.1, 0.15) is 0 Å². The van der Waals surface area contributed by atoms with Crippen LogP contribution in [-0.4, -0.2) is 16.2 Å². The minimum Gasteiger partial charge on any atom is -0.334 e. The van der Waals surface area contributed by atoms with Gasteiger partial charge in [-0.1, -0.05) is 64.8 Å². The number of hydrogen-bond acceptors (Lipinski definition) is 4. The van der Waals surface area contributed by atoms with Gasteiger partial charge < -0.3 is 9.84 Å². The number of urea groups is 1. The molecule has 4 aromatic rings. The van der Waals surface area contributed by atoms with Gasteiger partial charge in [-0.25, -0.2) is 4.79 Å². The summed E-state index contributed by atoms with van der Waals surface area (Å²) in [5, 5.41) is 8.40. The lowest BCUT2D eigenvalue weighted by molar-refractivity contribution is 0.244. The highest BCUT2D eigenvalue weighted by atomic mass is 35.5. The first-order valence-corrected chi connectivity index (χ1v) is 11.4. The van der Waals surface area contributed by atoms with E-state index in [1.165, 1.54) is 0 Å². The summed E-state index contributed by atoms with van der Waals surface area (Å²) in [5.74, 6) is 0.705. The number of allylic oxidation sites excluding steroid dienone is 1. The third-order valence-electron chi connectivity index (χ3n) is 5.67. The second kappa shape index (κ2) is 8.97. The van der Waals surface area contributed by atoms with Crippen LogP contribution in [0.5, 0.6) is 0 Å². The number of halogens is 2. The van der Waals surface area contributed by atoms with Gasteiger partial charge >= 0.3 is 6.03 Å². The van der Waals surface area contributed by atoms with Crippen molar-refractivity contribution in [2.75, 3.05) is 4.90 Å². The first-order chi connectivity index (χ1) is 16.4. The molecule has 0 saturated carbocycles. The standard InChI is InChI=1S/C26H20Cl2N4O2/c1-15-6-3-11-21(12-15)32-16(2)22(23(29-26(32)33)17-7-4-9-19(27)13-17)25-30-24(31-34-25)18-8-5-10-20(28)14-18/h3-14,23H,1-2H3,(H,29,33). The van der Waals surface area contributed by atoms with Gasteiger partial charge in [-0.15, -0.1) is 0 Å². The zero-order chi connectivity index (χ0) is 23.8. The second-order valence-corrected chi connectivity index (χ2v) is 8.92. The maximum Gasteiger partial charge on any atom is 0.326 e. The molecule has 1 aliphatic rings. The van der Waals surface area contributed by atoms with Crippen LogP contribution < -0.4 is 10.2 Å². The van der Waals surface area contributed by atoms with E-state index in [4.69, 9.17) is 27.7 Å². The van der Waals surface area contributed by atoms with Crippen LogP contribution in [0, 0.1) is 6.92 Å². The third-order valence-corrected chi connectivity index (χ3v) is 6.14. The molecule has 0 spiro atoms. The Morgan fingerprint density at radius 2 is 1.68 bits per heavy atom. The summed E-state index contributed by atoms with van der Waals surface area (Å²) in [6.45, 7) is 3.85. The number of carbonyl (C=O) groups is 1. The normalized spacial score (nSPS) is 16.1. The average Bonchev–Trinajstić information content (AvgIpc) is 3.28. The lowest BCUT2D eigenvalue weighted by Gasteiger charge is -2.35. The SMILES string of the molecule is CC1=C(c2nc(-c3cccc(Cl)c3)no2)C(c2cccc(Cl)c2)NC(=O)N1c1cccc(C)c1. The van der Waals surface area contributed by atoms with Gasteiger partial charge in [0.05, 0.1) is 17.3 Å². The molecule has 1 unspecified atom stereocenters. The molecule has 0 aliphatic carbocycles. The summed E-state index contributed by atoms with van der Waals surface area (Å²) in [4.78, 5) is 19.6. The minimum absolute atomic E-state index is 0.258. The Hall–Kier alpha value is -3.61. The summed E-state index contributed by atoms with van der Waals surface area (Å²) in [7, 11) is 0. The first kappa shape index (κ1) is 22.2. The van der Waals surface area contributed by atoms with Crippen LogP contribution in [0.25, 0.3) is 17.0 Å². The molecule has 6 nitrogen and oxygen atoms in total. The van der Waals surface area contributed by atoms with Gasteiger partial charge in [0, 0.05) is 21.3 Å². The summed E-state index contributed by atoms with van der Waals surface area (Å²) >= 11 is 12.4. The van der Waals surface area contributed by atoms with E-state index in [1.807, 2.05) is 68.4 Å². The van der Waals surface area contributed by atoms with Gasteiger partial charge in [0.2, 0.25) is 5.82 Å². The van der Waals surface area contributed by atoms with Crippen molar-refractivity contribution in [3.05, 3.63) is 106 Å². The van der Waals surface area contributed by atoms with Gasteiger partial charge in [0.15, 0.2) is 0 Å². The quantitative estimate of drug-likeness (QED) is 0.332. The van der Waals surface area contributed by atoms with Crippen LogP contribution in [-0.2, 0) is 0 Å². The molecule has 3 aromatic carbocycles. The second-order valence-electron chi connectivity index (χ2n) is 8.04. The van der Waals surface area contributed by atoms with Gasteiger partial charge in [-0.2, -0.15) is 4.98 Å². The first-order valence-electron chi connectivity index (χ1n) is 10.6. The molecule has 8 heteroatoms. The fourth-order valence-electron chi connectivity index (χ4n) is 4.11. The molecule has 1 atom stereocenters. The van der Waals surface area contributed by atoms with E-state index in [-0.39, 0.29) is 6.03 Å². The monoisotopic (exact) mass is 490 g/mol. The molecule has 0 fully saturated rings. The van der Waals surface area contributed by atoms with E-state index < -0.39 is 6.04 Å². The predicted octanol–water partition coefficient (Wildman–Crippen LogP) is 7.05. The lowest BCUT2D eigenvalue weighted by Crippen LogP contribution is -2.46. The topological polar surface area (TPSA) is 71.3 Å². The number of anilines is 1. The van der Waals surface area contributed by atoms with Crippen LogP contribution in [0.1, 0.15) is 30.0 Å². The van der Waals surface area contributed by atoms with Crippen molar-refractivity contribution < 1.29 is 9.32 Å². The van der Waals surface area contributed by atoms with E-state index >= 15 is 0 Å². The molecule has 0 saturated heterocycles. The number of amides is 2. The van der Waals surface area contributed by atoms with Crippen LogP contribution >= 0.6 is 23.2 Å². The molecule has 2 amide bonds. The number of aryl methyl sites for hydroxylation is 1. The Labute approximate surface area is 206 Å². The van der Waals surface area contributed by atoms with Crippen molar-refractivity contribution in [2.45, 2.75) is 19.9 Å². The Morgan fingerprint density at radius 3 is 2.41 bits per heavy atom. The van der Waals surface area contributed by atoms with E-state index in [2.05, 4.69) is 15.5 Å². The third kappa shape index (κ3) is 4.18. The smallest absolute Gasteiger partial charge is 0.326 e. The number of nitrogens with zero attached hydrogens (tertiary/aromatic N) is 3. The largest absolute Gasteiger partial charge is 0.334 e. The molecule has 1 aromatic heterocycles. The van der Waals surface area contributed by atoms with E-state index in [9.17, 15) is 4.79 Å². The zero-order valence-corrected chi connectivity index (χ0v) is 19.9. The van der Waals surface area contributed by atoms with Crippen molar-refractivity contribution >= 4 is 40.5 Å². The average molecular weight is 491 g/mol. The maximum atomic E-state index is 13.3. The Balaban J connectivity index is 1.67. The number of nitrogens with one attached hydrogen (secondary N) is 1. The molecule has 2 heterocycles.